The van der Waals surface area contributed by atoms with Crippen molar-refractivity contribution < 1.29 is 32.2 Å². The smallest absolute Gasteiger partial charge is 0.416 e. The Hall–Kier alpha value is -2.71. The Balaban J connectivity index is 1.26. The zero-order valence-electron chi connectivity index (χ0n) is 20.6. The van der Waals surface area contributed by atoms with Crippen LogP contribution in [-0.4, -0.2) is 36.1 Å². The molecule has 4 fully saturated rings. The molecule has 6 atom stereocenters. The lowest BCUT2D eigenvalue weighted by molar-refractivity contribution is -0.206. The number of carbonyl (C=O) groups is 1. The SMILES string of the molecule is C[C@@H]1OC(=O)[C@H]2C[C@H]3CCC4(C[C@@H]3[C@@H](/C=C/c3ccc(-c5cccc(C(F)(F)F)c5)cn3)[C@@H]12)OCCO4. The van der Waals surface area contributed by atoms with Gasteiger partial charge in [0.2, 0.25) is 0 Å². The van der Waals surface area contributed by atoms with Crippen LogP contribution in [0.15, 0.2) is 48.7 Å². The number of halogens is 3. The molecule has 8 heteroatoms. The van der Waals surface area contributed by atoms with Crippen molar-refractivity contribution in [1.82, 2.24) is 4.98 Å². The number of aromatic nitrogens is 1. The monoisotopic (exact) mass is 513 g/mol. The van der Waals surface area contributed by atoms with E-state index in [1.54, 1.807) is 18.3 Å². The molecule has 3 heterocycles. The van der Waals surface area contributed by atoms with Gasteiger partial charge >= 0.3 is 12.1 Å². The van der Waals surface area contributed by atoms with E-state index in [1.165, 1.54) is 6.07 Å². The first-order chi connectivity index (χ1) is 17.7. The molecule has 0 bridgehead atoms. The van der Waals surface area contributed by atoms with E-state index < -0.39 is 17.5 Å². The number of pyridine rings is 1. The van der Waals surface area contributed by atoms with E-state index in [0.717, 1.165) is 37.8 Å². The molecule has 2 aromatic rings. The van der Waals surface area contributed by atoms with Gasteiger partial charge in [-0.1, -0.05) is 24.3 Å². The number of allylic oxidation sites excluding steroid dienone is 1. The van der Waals surface area contributed by atoms with E-state index in [0.29, 0.717) is 41.9 Å². The van der Waals surface area contributed by atoms with Gasteiger partial charge in [0.25, 0.3) is 0 Å². The summed E-state index contributed by atoms with van der Waals surface area (Å²) in [6.45, 7) is 3.21. The topological polar surface area (TPSA) is 57.7 Å². The molecule has 6 rings (SSSR count). The van der Waals surface area contributed by atoms with Gasteiger partial charge in [-0.05, 0) is 67.4 Å². The fourth-order valence-electron chi connectivity index (χ4n) is 7.06. The van der Waals surface area contributed by atoms with Crippen molar-refractivity contribution in [3.8, 4) is 11.1 Å². The third-order valence-corrected chi connectivity index (χ3v) is 8.77. The van der Waals surface area contributed by atoms with Crippen LogP contribution in [0.2, 0.25) is 0 Å². The Morgan fingerprint density at radius 2 is 1.92 bits per heavy atom. The molecular formula is C29H30F3NO4. The Bertz CT molecular complexity index is 1190. The highest BCUT2D eigenvalue weighted by atomic mass is 19.4. The average molecular weight is 514 g/mol. The molecule has 0 unspecified atom stereocenters. The van der Waals surface area contributed by atoms with Crippen molar-refractivity contribution in [3.05, 3.63) is 59.9 Å². The van der Waals surface area contributed by atoms with Crippen LogP contribution >= 0.6 is 0 Å². The standard InChI is InChI=1S/C29H30F3NO4/c1-17-26-23(25-15-28(35-11-12-36-28)10-9-19(25)14-24(26)27(34)37-17)8-7-22-6-5-20(16-33-22)18-3-2-4-21(13-18)29(30,31)32/h2-8,13,16-17,19,23-26H,9-12,14-15H2,1H3/b8-7+/t17-,19+,23+,24-,25-,26+/m0/s1. The number of hydrogen-bond donors (Lipinski definition) is 0. The number of ether oxygens (including phenoxy) is 3. The normalized spacial score (nSPS) is 32.9. The fourth-order valence-corrected chi connectivity index (χ4v) is 7.06. The molecule has 2 saturated carbocycles. The van der Waals surface area contributed by atoms with E-state index in [9.17, 15) is 18.0 Å². The highest BCUT2D eigenvalue weighted by Gasteiger charge is 2.57. The van der Waals surface area contributed by atoms with Gasteiger partial charge in [0.15, 0.2) is 5.79 Å². The van der Waals surface area contributed by atoms with Crippen LogP contribution in [0.3, 0.4) is 0 Å². The van der Waals surface area contributed by atoms with Gasteiger partial charge < -0.3 is 14.2 Å². The molecule has 0 amide bonds. The van der Waals surface area contributed by atoms with Crippen molar-refractivity contribution >= 4 is 12.0 Å². The number of esters is 1. The summed E-state index contributed by atoms with van der Waals surface area (Å²) in [5, 5.41) is 0. The molecule has 1 aromatic heterocycles. The maximum absolute atomic E-state index is 13.1. The van der Waals surface area contributed by atoms with Crippen LogP contribution in [0.25, 0.3) is 17.2 Å². The van der Waals surface area contributed by atoms with Gasteiger partial charge in [0.05, 0.1) is 30.4 Å². The molecule has 2 aliphatic heterocycles. The summed E-state index contributed by atoms with van der Waals surface area (Å²) in [5.41, 5.74) is 1.12. The maximum atomic E-state index is 13.1. The summed E-state index contributed by atoms with van der Waals surface area (Å²) in [6, 6.07) is 8.86. The Morgan fingerprint density at radius 3 is 2.65 bits per heavy atom. The number of cyclic esters (lactones) is 1. The predicted octanol–water partition coefficient (Wildman–Crippen LogP) is 6.14. The Morgan fingerprint density at radius 1 is 1.11 bits per heavy atom. The first kappa shape index (κ1) is 24.6. The second kappa shape index (κ2) is 9.24. The summed E-state index contributed by atoms with van der Waals surface area (Å²) in [7, 11) is 0. The van der Waals surface area contributed by atoms with Gasteiger partial charge in [-0.2, -0.15) is 13.2 Å². The quantitative estimate of drug-likeness (QED) is 0.462. The highest BCUT2D eigenvalue weighted by Crippen LogP contribution is 2.56. The Kier molecular flexibility index (Phi) is 6.15. The molecule has 2 aliphatic carbocycles. The second-order valence-corrected chi connectivity index (χ2v) is 10.8. The van der Waals surface area contributed by atoms with Crippen LogP contribution in [0, 0.1) is 29.6 Å². The minimum absolute atomic E-state index is 0.0888. The number of alkyl halides is 3. The fraction of sp³-hybridized carbons (Fsp3) is 0.517. The summed E-state index contributed by atoms with van der Waals surface area (Å²) >= 11 is 0. The van der Waals surface area contributed by atoms with Gasteiger partial charge in [-0.3, -0.25) is 9.78 Å². The summed E-state index contributed by atoms with van der Waals surface area (Å²) in [5.74, 6) is 0.214. The molecule has 1 spiro atoms. The van der Waals surface area contributed by atoms with Crippen molar-refractivity contribution in [2.45, 2.75) is 50.7 Å². The summed E-state index contributed by atoms with van der Waals surface area (Å²) < 4.78 is 57.1. The third-order valence-electron chi connectivity index (χ3n) is 8.77. The van der Waals surface area contributed by atoms with Gasteiger partial charge in [-0.15, -0.1) is 0 Å². The number of nitrogens with zero attached hydrogens (tertiary/aromatic N) is 1. The molecule has 5 nitrogen and oxygen atoms in total. The van der Waals surface area contributed by atoms with Crippen LogP contribution in [0.1, 0.15) is 43.9 Å². The van der Waals surface area contributed by atoms with Crippen molar-refractivity contribution in [2.75, 3.05) is 13.2 Å². The van der Waals surface area contributed by atoms with E-state index in [-0.39, 0.29) is 29.8 Å². The summed E-state index contributed by atoms with van der Waals surface area (Å²) in [6.07, 6.45) is 4.64. The van der Waals surface area contributed by atoms with Gasteiger partial charge in [-0.25, -0.2) is 0 Å². The van der Waals surface area contributed by atoms with E-state index in [4.69, 9.17) is 14.2 Å². The van der Waals surface area contributed by atoms with Crippen molar-refractivity contribution in [3.63, 3.8) is 0 Å². The zero-order chi connectivity index (χ0) is 25.8. The maximum Gasteiger partial charge on any atom is 0.416 e. The number of hydrogen-bond acceptors (Lipinski definition) is 5. The summed E-state index contributed by atoms with van der Waals surface area (Å²) in [4.78, 5) is 17.2. The van der Waals surface area contributed by atoms with Crippen molar-refractivity contribution in [2.24, 2.45) is 29.6 Å². The van der Waals surface area contributed by atoms with Crippen LogP contribution < -0.4 is 0 Å². The lowest BCUT2D eigenvalue weighted by atomic mass is 9.56. The second-order valence-electron chi connectivity index (χ2n) is 10.8. The molecule has 0 N–H and O–H groups in total. The molecular weight excluding hydrogens is 483 g/mol. The first-order valence-electron chi connectivity index (χ1n) is 13.0. The van der Waals surface area contributed by atoms with Gasteiger partial charge in [0.1, 0.15) is 6.10 Å². The van der Waals surface area contributed by atoms with E-state index in [2.05, 4.69) is 11.1 Å². The average Bonchev–Trinajstić information content (AvgIpc) is 3.45. The molecule has 196 valence electrons. The van der Waals surface area contributed by atoms with E-state index >= 15 is 0 Å². The highest BCUT2D eigenvalue weighted by molar-refractivity contribution is 5.75. The first-order valence-corrected chi connectivity index (χ1v) is 13.0. The number of fused-ring (bicyclic) bond motifs is 2. The van der Waals surface area contributed by atoms with Crippen LogP contribution in [0.5, 0.6) is 0 Å². The molecule has 1 aromatic carbocycles. The third kappa shape index (κ3) is 4.59. The molecule has 2 saturated heterocycles. The number of benzene rings is 1. The largest absolute Gasteiger partial charge is 0.462 e. The Labute approximate surface area is 214 Å². The molecule has 37 heavy (non-hydrogen) atoms. The number of rotatable bonds is 3. The molecule has 0 radical (unpaired) electrons. The van der Waals surface area contributed by atoms with Crippen LogP contribution in [-0.2, 0) is 25.2 Å². The minimum atomic E-state index is -4.39. The molecule has 4 aliphatic rings. The number of carbonyl (C=O) groups excluding carboxylic acids is 1. The van der Waals surface area contributed by atoms with Gasteiger partial charge in [0, 0.05) is 30.5 Å². The van der Waals surface area contributed by atoms with Crippen LogP contribution in [0.4, 0.5) is 13.2 Å². The lowest BCUT2D eigenvalue weighted by Gasteiger charge is -2.49. The predicted molar refractivity (Wildman–Crippen MR) is 130 cm³/mol. The lowest BCUT2D eigenvalue weighted by Crippen LogP contribution is -2.49. The zero-order valence-corrected chi connectivity index (χ0v) is 20.6. The van der Waals surface area contributed by atoms with E-state index in [1.807, 2.05) is 19.1 Å². The minimum Gasteiger partial charge on any atom is -0.462 e. The van der Waals surface area contributed by atoms with Crippen molar-refractivity contribution in [1.29, 1.82) is 0 Å².